The quantitative estimate of drug-likeness (QED) is 0.185. The number of alkyl halides is 3. The van der Waals surface area contributed by atoms with E-state index in [1.807, 2.05) is 25.8 Å². The zero-order valence-electron chi connectivity index (χ0n) is 33.3. The average Bonchev–Trinajstić information content (AvgIpc) is 3.62. The van der Waals surface area contributed by atoms with Crippen molar-refractivity contribution >= 4 is 41.0 Å². The molecule has 6 atom stereocenters. The lowest BCUT2D eigenvalue weighted by Gasteiger charge is -2.41. The van der Waals surface area contributed by atoms with Crippen LogP contribution in [0.25, 0.3) is 0 Å². The van der Waals surface area contributed by atoms with Gasteiger partial charge in [0.05, 0.1) is 24.6 Å². The third-order valence-electron chi connectivity index (χ3n) is 11.0. The maximum Gasteiger partial charge on any atom is 0.416 e. The summed E-state index contributed by atoms with van der Waals surface area (Å²) in [5, 5.41) is 7.83. The molecule has 2 fully saturated rings. The number of nitrogens with one attached hydrogen (secondary N) is 2. The van der Waals surface area contributed by atoms with E-state index < -0.39 is 59.7 Å². The van der Waals surface area contributed by atoms with Gasteiger partial charge < -0.3 is 25.0 Å². The fourth-order valence-electron chi connectivity index (χ4n) is 7.52. The van der Waals surface area contributed by atoms with E-state index in [0.29, 0.717) is 10.6 Å². The third-order valence-corrected chi connectivity index (χ3v) is 11.9. The molecule has 2 heterocycles. The molecule has 1 aliphatic heterocycles. The monoisotopic (exact) mass is 807 g/mol. The summed E-state index contributed by atoms with van der Waals surface area (Å²) >= 11 is 1.11. The summed E-state index contributed by atoms with van der Waals surface area (Å²) in [5.41, 5.74) is -0.255. The van der Waals surface area contributed by atoms with Gasteiger partial charge in [-0.2, -0.15) is 13.2 Å². The molecule has 310 valence electrons. The molecule has 56 heavy (non-hydrogen) atoms. The normalized spacial score (nSPS) is 19.2. The molecule has 2 aliphatic rings. The van der Waals surface area contributed by atoms with Gasteiger partial charge in [0, 0.05) is 37.9 Å². The van der Waals surface area contributed by atoms with E-state index in [4.69, 9.17) is 9.47 Å². The number of hydrogen-bond acceptors (Lipinski definition) is 10. The number of rotatable bonds is 17. The van der Waals surface area contributed by atoms with Crippen LogP contribution < -0.4 is 10.6 Å². The first-order valence-electron chi connectivity index (χ1n) is 19.3. The number of benzene rings is 1. The largest absolute Gasteiger partial charge is 0.469 e. The van der Waals surface area contributed by atoms with Crippen molar-refractivity contribution in [2.45, 2.75) is 122 Å². The molecule has 1 saturated heterocycles. The minimum Gasteiger partial charge on any atom is -0.469 e. The van der Waals surface area contributed by atoms with E-state index in [1.54, 1.807) is 18.9 Å². The van der Waals surface area contributed by atoms with Crippen molar-refractivity contribution in [1.82, 2.24) is 25.4 Å². The molecule has 0 radical (unpaired) electrons. The average molecular weight is 808 g/mol. The van der Waals surface area contributed by atoms with E-state index in [9.17, 15) is 37.1 Å². The maximum absolute atomic E-state index is 14.2. The highest BCUT2D eigenvalue weighted by atomic mass is 32.1. The van der Waals surface area contributed by atoms with E-state index in [2.05, 4.69) is 15.6 Å². The minimum absolute atomic E-state index is 0.0243. The van der Waals surface area contributed by atoms with E-state index in [-0.39, 0.29) is 54.6 Å². The lowest BCUT2D eigenvalue weighted by molar-refractivity contribution is -0.149. The van der Waals surface area contributed by atoms with Crippen molar-refractivity contribution in [2.75, 3.05) is 27.7 Å². The molecule has 1 saturated carbocycles. The molecule has 1 aromatic carbocycles. The van der Waals surface area contributed by atoms with Crippen LogP contribution in [0.2, 0.25) is 0 Å². The summed E-state index contributed by atoms with van der Waals surface area (Å²) < 4.78 is 50.1. The minimum atomic E-state index is -4.50. The number of aromatic nitrogens is 1. The Morgan fingerprint density at radius 3 is 2.23 bits per heavy atom. The molecule has 2 N–H and O–H groups in total. The highest BCUT2D eigenvalue weighted by Gasteiger charge is 2.40. The first-order valence-corrected chi connectivity index (χ1v) is 20.2. The van der Waals surface area contributed by atoms with Gasteiger partial charge in [-0.05, 0) is 81.6 Å². The third kappa shape index (κ3) is 12.0. The number of nitrogens with zero attached hydrogens (tertiary/aromatic N) is 3. The molecular formula is C40H56F3N5O7S. The van der Waals surface area contributed by atoms with Gasteiger partial charge >= 0.3 is 18.1 Å². The molecule has 3 amide bonds. The smallest absolute Gasteiger partial charge is 0.416 e. The summed E-state index contributed by atoms with van der Waals surface area (Å²) in [7, 11) is 4.88. The predicted octanol–water partition coefficient (Wildman–Crippen LogP) is 5.95. The molecule has 16 heteroatoms. The highest BCUT2D eigenvalue weighted by molar-refractivity contribution is 7.09. The predicted molar refractivity (Wildman–Crippen MR) is 204 cm³/mol. The van der Waals surface area contributed by atoms with Crippen LogP contribution in [0.3, 0.4) is 0 Å². The molecule has 2 aromatic rings. The van der Waals surface area contributed by atoms with Crippen LogP contribution in [0.4, 0.5) is 13.2 Å². The van der Waals surface area contributed by atoms with Crippen LogP contribution >= 0.6 is 11.3 Å². The molecule has 4 rings (SSSR count). The number of amides is 3. The standard InChI is InChI=1S/C40H56F3N5O7S/c1-23(2)32(48(6)38(52)34(27-11-10-12-27)46-36(51)31-13-8-9-18-47(31)5)21-33(55-25(4)49)37-45-30(22-56-37)35(50)44-29(19-24(3)39(53)54-7)20-26-14-16-28(17-15-26)40(41,42)43/h14-17,22-24,27,29,31-34H,8-13,18-21H2,1-7H3,(H,44,50)(H,46,51)/t24-,29+,31+,32+,33+,34-/m0/s1. The summed E-state index contributed by atoms with van der Waals surface area (Å²) in [5.74, 6) is -2.69. The fraction of sp³-hybridized carbons (Fsp3) is 0.650. The molecular weight excluding hydrogens is 752 g/mol. The Balaban J connectivity index is 1.51. The second kappa shape index (κ2) is 19.9. The van der Waals surface area contributed by atoms with Crippen molar-refractivity contribution in [2.24, 2.45) is 17.8 Å². The number of carbonyl (C=O) groups is 5. The Labute approximate surface area is 331 Å². The second-order valence-electron chi connectivity index (χ2n) is 15.6. The lowest BCUT2D eigenvalue weighted by Crippen LogP contribution is -2.59. The second-order valence-corrected chi connectivity index (χ2v) is 16.5. The fourth-order valence-corrected chi connectivity index (χ4v) is 8.36. The Hall–Kier alpha value is -4.05. The Morgan fingerprint density at radius 2 is 1.68 bits per heavy atom. The number of hydrogen-bond donors (Lipinski definition) is 2. The zero-order valence-corrected chi connectivity index (χ0v) is 34.1. The molecule has 0 unspecified atom stereocenters. The number of thiazole rings is 1. The summed E-state index contributed by atoms with van der Waals surface area (Å²) in [6.45, 7) is 7.64. The molecule has 0 spiro atoms. The van der Waals surface area contributed by atoms with Crippen LogP contribution in [0.1, 0.15) is 112 Å². The first-order chi connectivity index (χ1) is 26.4. The Morgan fingerprint density at radius 1 is 1.00 bits per heavy atom. The van der Waals surface area contributed by atoms with Gasteiger partial charge in [-0.25, -0.2) is 4.98 Å². The van der Waals surface area contributed by atoms with E-state index in [1.165, 1.54) is 31.5 Å². The van der Waals surface area contributed by atoms with Crippen LogP contribution in [0.5, 0.6) is 0 Å². The molecule has 12 nitrogen and oxygen atoms in total. The highest BCUT2D eigenvalue weighted by Crippen LogP contribution is 2.34. The number of carbonyl (C=O) groups excluding carboxylic acids is 5. The van der Waals surface area contributed by atoms with E-state index >= 15 is 0 Å². The molecule has 0 bridgehead atoms. The first kappa shape index (κ1) is 44.7. The van der Waals surface area contributed by atoms with Crippen LogP contribution in [-0.2, 0) is 41.2 Å². The van der Waals surface area contributed by atoms with Crippen LogP contribution in [-0.4, -0.2) is 96.4 Å². The van der Waals surface area contributed by atoms with Gasteiger partial charge in [0.2, 0.25) is 11.8 Å². The van der Waals surface area contributed by atoms with Crippen molar-refractivity contribution in [3.8, 4) is 0 Å². The number of likely N-dealkylation sites (tertiary alicyclic amines) is 1. The van der Waals surface area contributed by atoms with E-state index in [0.717, 1.165) is 68.5 Å². The SMILES string of the molecule is COC(=O)[C@@H](C)C[C@H](Cc1ccc(C(F)(F)F)cc1)NC(=O)c1csc([C@@H](C[C@H](C(C)C)N(C)C(=O)[C@@H](NC(=O)[C@H]2CCCCN2C)C2CCC2)OC(C)=O)n1. The number of ether oxygens (including phenoxy) is 2. The van der Waals surface area contributed by atoms with Crippen molar-refractivity contribution in [3.05, 3.63) is 51.5 Å². The molecule has 1 aromatic heterocycles. The number of piperidine rings is 1. The molecule has 1 aliphatic carbocycles. The Bertz CT molecular complexity index is 1670. The summed E-state index contributed by atoms with van der Waals surface area (Å²) in [6.07, 6.45) is 0.430. The maximum atomic E-state index is 14.2. The van der Waals surface area contributed by atoms with Gasteiger partial charge in [-0.15, -0.1) is 11.3 Å². The van der Waals surface area contributed by atoms with Gasteiger partial charge in [-0.1, -0.05) is 45.7 Å². The van der Waals surface area contributed by atoms with Gasteiger partial charge in [0.15, 0.2) is 6.10 Å². The number of esters is 2. The number of methoxy groups -OCH3 is 1. The van der Waals surface area contributed by atoms with Crippen LogP contribution in [0.15, 0.2) is 29.6 Å². The van der Waals surface area contributed by atoms with Crippen LogP contribution in [0, 0.1) is 17.8 Å². The van der Waals surface area contributed by atoms with Crippen molar-refractivity contribution in [1.29, 1.82) is 0 Å². The van der Waals surface area contributed by atoms with Gasteiger partial charge in [0.1, 0.15) is 16.7 Å². The lowest BCUT2D eigenvalue weighted by atomic mass is 9.78. The van der Waals surface area contributed by atoms with Gasteiger partial charge in [0.25, 0.3) is 5.91 Å². The number of halogens is 3. The number of likely N-dealkylation sites (N-methyl/N-ethyl adjacent to an activating group) is 2. The zero-order chi connectivity index (χ0) is 41.3. The topological polar surface area (TPSA) is 147 Å². The van der Waals surface area contributed by atoms with Crippen molar-refractivity contribution < 1.29 is 46.6 Å². The summed E-state index contributed by atoms with van der Waals surface area (Å²) in [4.78, 5) is 74.2. The van der Waals surface area contributed by atoms with Crippen molar-refractivity contribution in [3.63, 3.8) is 0 Å². The van der Waals surface area contributed by atoms with Gasteiger partial charge in [-0.3, -0.25) is 28.9 Å². The summed E-state index contributed by atoms with van der Waals surface area (Å²) in [6, 6.07) is 2.53. The Kier molecular flexibility index (Phi) is 15.9.